The molecule has 8 nitrogen and oxygen atoms in total. The minimum absolute atomic E-state index is 0.0616. The van der Waals surface area contributed by atoms with E-state index in [-0.39, 0.29) is 11.3 Å². The van der Waals surface area contributed by atoms with Gasteiger partial charge in [0.05, 0.1) is 23.4 Å². The summed E-state index contributed by atoms with van der Waals surface area (Å²) in [6.07, 6.45) is -1.13. The van der Waals surface area contributed by atoms with E-state index in [4.69, 9.17) is 9.47 Å². The number of hydrogen-bond donors (Lipinski definition) is 1. The molecular weight excluding hydrogens is 434 g/mol. The fourth-order valence-electron chi connectivity index (χ4n) is 3.44. The van der Waals surface area contributed by atoms with E-state index in [0.29, 0.717) is 34.5 Å². The fourth-order valence-corrected chi connectivity index (χ4v) is 3.44. The largest absolute Gasteiger partial charge is 0.492 e. The lowest BCUT2D eigenvalue weighted by atomic mass is 10.1. The lowest BCUT2D eigenvalue weighted by Crippen LogP contribution is -2.31. The van der Waals surface area contributed by atoms with Crippen molar-refractivity contribution < 1.29 is 19.1 Å². The van der Waals surface area contributed by atoms with Crippen LogP contribution < -0.4 is 15.6 Å². The van der Waals surface area contributed by atoms with Gasteiger partial charge in [0.2, 0.25) is 0 Å². The molecule has 1 heterocycles. The summed E-state index contributed by atoms with van der Waals surface area (Å²) in [6.45, 7) is 3.74. The maximum absolute atomic E-state index is 13.1. The molecule has 0 saturated heterocycles. The summed E-state index contributed by atoms with van der Waals surface area (Å²) in [5.74, 6) is -0.831. The highest BCUT2D eigenvalue weighted by Crippen LogP contribution is 2.24. The van der Waals surface area contributed by atoms with Gasteiger partial charge in [-0.15, -0.1) is 0 Å². The minimum Gasteiger partial charge on any atom is -0.492 e. The molecule has 1 unspecified atom stereocenters. The van der Waals surface area contributed by atoms with Crippen LogP contribution in [0.15, 0.2) is 83.7 Å². The summed E-state index contributed by atoms with van der Waals surface area (Å²) in [5, 5.41) is 7.66. The Kier molecular flexibility index (Phi) is 6.68. The summed E-state index contributed by atoms with van der Waals surface area (Å²) in [4.78, 5) is 38.8. The summed E-state index contributed by atoms with van der Waals surface area (Å²) in [5.41, 5.74) is 0.550. The van der Waals surface area contributed by atoms with Crippen molar-refractivity contribution in [1.29, 1.82) is 0 Å². The van der Waals surface area contributed by atoms with Crippen molar-refractivity contribution in [3.63, 3.8) is 0 Å². The van der Waals surface area contributed by atoms with Gasteiger partial charge in [-0.25, -0.2) is 4.79 Å². The van der Waals surface area contributed by atoms with Crippen LogP contribution in [0.5, 0.6) is 5.75 Å². The van der Waals surface area contributed by atoms with E-state index in [1.54, 1.807) is 72.8 Å². The quantitative estimate of drug-likeness (QED) is 0.422. The number of amides is 1. The zero-order valence-corrected chi connectivity index (χ0v) is 18.7. The molecule has 34 heavy (non-hydrogen) atoms. The van der Waals surface area contributed by atoms with E-state index in [0.717, 1.165) is 4.68 Å². The summed E-state index contributed by atoms with van der Waals surface area (Å²) >= 11 is 0. The number of anilines is 1. The van der Waals surface area contributed by atoms with Crippen molar-refractivity contribution >= 4 is 28.3 Å². The van der Waals surface area contributed by atoms with Gasteiger partial charge in [0.15, 0.2) is 11.8 Å². The summed E-state index contributed by atoms with van der Waals surface area (Å²) < 4.78 is 12.1. The van der Waals surface area contributed by atoms with E-state index in [1.165, 1.54) is 6.92 Å². The molecule has 0 aliphatic carbocycles. The van der Waals surface area contributed by atoms with Crippen molar-refractivity contribution in [2.24, 2.45) is 0 Å². The Morgan fingerprint density at radius 2 is 1.59 bits per heavy atom. The standard InChI is InChI=1S/C26H23N3O5/c1-3-33-22-16-10-9-15-21(22)27-24(30)17(2)34-26(32)23-19-13-7-8-14-20(19)25(31)29(28-23)18-11-5-4-6-12-18/h4-17H,3H2,1-2H3,(H,27,30). The SMILES string of the molecule is CCOc1ccccc1NC(=O)C(C)OC(=O)c1nn(-c2ccccc2)c(=O)c2ccccc12. The molecule has 0 spiro atoms. The van der Waals surface area contributed by atoms with Crippen LogP contribution in [0.2, 0.25) is 0 Å². The highest BCUT2D eigenvalue weighted by molar-refractivity contribution is 6.04. The lowest BCUT2D eigenvalue weighted by molar-refractivity contribution is -0.123. The second-order valence-corrected chi connectivity index (χ2v) is 7.41. The average Bonchev–Trinajstić information content (AvgIpc) is 2.86. The Morgan fingerprint density at radius 3 is 2.32 bits per heavy atom. The van der Waals surface area contributed by atoms with Gasteiger partial charge in [-0.05, 0) is 44.2 Å². The minimum atomic E-state index is -1.13. The van der Waals surface area contributed by atoms with Crippen LogP contribution in [-0.2, 0) is 9.53 Å². The van der Waals surface area contributed by atoms with E-state index in [2.05, 4.69) is 10.4 Å². The number of hydrogen-bond acceptors (Lipinski definition) is 6. The molecule has 0 fully saturated rings. The van der Waals surface area contributed by atoms with Gasteiger partial charge in [-0.1, -0.05) is 48.5 Å². The van der Waals surface area contributed by atoms with Gasteiger partial charge in [0.25, 0.3) is 11.5 Å². The molecule has 172 valence electrons. The van der Waals surface area contributed by atoms with E-state index >= 15 is 0 Å². The Morgan fingerprint density at radius 1 is 0.941 bits per heavy atom. The topological polar surface area (TPSA) is 99.5 Å². The molecule has 3 aromatic carbocycles. The first-order valence-corrected chi connectivity index (χ1v) is 10.8. The number of carbonyl (C=O) groups is 2. The van der Waals surface area contributed by atoms with Gasteiger partial charge in [0, 0.05) is 5.39 Å². The molecule has 0 bridgehead atoms. The first-order chi connectivity index (χ1) is 16.5. The predicted octanol–water partition coefficient (Wildman–Crippen LogP) is 3.97. The Hall–Kier alpha value is -4.46. The molecule has 8 heteroatoms. The molecule has 0 aliphatic rings. The van der Waals surface area contributed by atoms with Crippen LogP contribution in [0, 0.1) is 0 Å². The van der Waals surface area contributed by atoms with Gasteiger partial charge >= 0.3 is 5.97 Å². The number of ether oxygens (including phenoxy) is 2. The van der Waals surface area contributed by atoms with Gasteiger partial charge in [0.1, 0.15) is 5.75 Å². The van der Waals surface area contributed by atoms with Crippen molar-refractivity contribution in [3.05, 3.63) is 94.9 Å². The molecular formula is C26H23N3O5. The number of esters is 1. The molecule has 0 saturated carbocycles. The molecule has 0 aliphatic heterocycles. The normalized spacial score (nSPS) is 11.6. The smallest absolute Gasteiger partial charge is 0.360 e. The molecule has 1 atom stereocenters. The van der Waals surface area contributed by atoms with E-state index in [9.17, 15) is 14.4 Å². The van der Waals surface area contributed by atoms with E-state index in [1.807, 2.05) is 13.0 Å². The van der Waals surface area contributed by atoms with Crippen molar-refractivity contribution in [2.75, 3.05) is 11.9 Å². The molecule has 4 rings (SSSR count). The van der Waals surface area contributed by atoms with Crippen LogP contribution in [-0.4, -0.2) is 34.4 Å². The lowest BCUT2D eigenvalue weighted by Gasteiger charge is -2.16. The maximum Gasteiger partial charge on any atom is 0.360 e. The first-order valence-electron chi connectivity index (χ1n) is 10.8. The third-order valence-corrected chi connectivity index (χ3v) is 5.10. The molecule has 0 radical (unpaired) electrons. The van der Waals surface area contributed by atoms with Gasteiger partial charge in [-0.3, -0.25) is 9.59 Å². The number of aromatic nitrogens is 2. The summed E-state index contributed by atoms with van der Waals surface area (Å²) in [7, 11) is 0. The number of rotatable bonds is 7. The first kappa shape index (κ1) is 22.7. The molecule has 1 N–H and O–H groups in total. The average molecular weight is 457 g/mol. The van der Waals surface area contributed by atoms with Crippen LogP contribution >= 0.6 is 0 Å². The number of carbonyl (C=O) groups excluding carboxylic acids is 2. The summed E-state index contributed by atoms with van der Waals surface area (Å²) in [6, 6.07) is 22.4. The number of nitrogens with zero attached hydrogens (tertiary/aromatic N) is 2. The van der Waals surface area contributed by atoms with Gasteiger partial charge < -0.3 is 14.8 Å². The van der Waals surface area contributed by atoms with E-state index < -0.39 is 18.0 Å². The third kappa shape index (κ3) is 4.66. The predicted molar refractivity (Wildman–Crippen MR) is 128 cm³/mol. The number of fused-ring (bicyclic) bond motifs is 1. The number of benzene rings is 3. The number of para-hydroxylation sites is 3. The Labute approximate surface area is 195 Å². The Bertz CT molecular complexity index is 1400. The van der Waals surface area contributed by atoms with Crippen LogP contribution in [0.25, 0.3) is 16.5 Å². The zero-order chi connectivity index (χ0) is 24.1. The second-order valence-electron chi connectivity index (χ2n) is 7.41. The highest BCUT2D eigenvalue weighted by atomic mass is 16.5. The molecule has 1 amide bonds. The maximum atomic E-state index is 13.1. The number of nitrogens with one attached hydrogen (secondary N) is 1. The van der Waals surface area contributed by atoms with Crippen LogP contribution in [0.4, 0.5) is 5.69 Å². The van der Waals surface area contributed by atoms with Crippen LogP contribution in [0.3, 0.4) is 0 Å². The monoisotopic (exact) mass is 457 g/mol. The molecule has 4 aromatic rings. The van der Waals surface area contributed by atoms with Gasteiger partial charge in [-0.2, -0.15) is 9.78 Å². The Balaban J connectivity index is 1.62. The zero-order valence-electron chi connectivity index (χ0n) is 18.7. The highest BCUT2D eigenvalue weighted by Gasteiger charge is 2.24. The fraction of sp³-hybridized carbons (Fsp3) is 0.154. The molecule has 1 aromatic heterocycles. The third-order valence-electron chi connectivity index (χ3n) is 5.10. The van der Waals surface area contributed by atoms with Crippen molar-refractivity contribution in [1.82, 2.24) is 9.78 Å². The van der Waals surface area contributed by atoms with Crippen LogP contribution in [0.1, 0.15) is 24.3 Å². The van der Waals surface area contributed by atoms with Crippen molar-refractivity contribution in [3.8, 4) is 11.4 Å². The van der Waals surface area contributed by atoms with Crippen molar-refractivity contribution in [2.45, 2.75) is 20.0 Å². The second kappa shape index (κ2) is 9.99.